The highest BCUT2D eigenvalue weighted by molar-refractivity contribution is 6.08. The molecule has 6 nitrogen and oxygen atoms in total. The van der Waals surface area contributed by atoms with Crippen LogP contribution in [0.4, 0.5) is 5.69 Å². The number of nitrogens with zero attached hydrogens (tertiary/aromatic N) is 3. The minimum atomic E-state index is -0.339. The lowest BCUT2D eigenvalue weighted by atomic mass is 9.73. The number of hydrogen-bond donors (Lipinski definition) is 1. The zero-order chi connectivity index (χ0) is 21.4. The van der Waals surface area contributed by atoms with Crippen LogP contribution >= 0.6 is 0 Å². The minimum absolute atomic E-state index is 0.0370. The predicted molar refractivity (Wildman–Crippen MR) is 119 cm³/mol. The Morgan fingerprint density at radius 1 is 1.00 bits per heavy atom. The number of anilines is 1. The number of aliphatic hydroxyl groups is 1. The Morgan fingerprint density at radius 3 is 2.32 bits per heavy atom. The highest BCUT2D eigenvalue weighted by atomic mass is 16.5. The Labute approximate surface area is 185 Å². The second-order valence-electron chi connectivity index (χ2n) is 11.2. The fraction of sp³-hybridized carbons (Fsp3) is 0.720. The maximum atomic E-state index is 13.9. The normalized spacial score (nSPS) is 35.3. The lowest BCUT2D eigenvalue weighted by Gasteiger charge is -2.47. The number of likely N-dealkylation sites (tertiary alicyclic amines) is 2. The van der Waals surface area contributed by atoms with Crippen molar-refractivity contribution in [2.45, 2.75) is 69.2 Å². The van der Waals surface area contributed by atoms with Gasteiger partial charge in [0.25, 0.3) is 0 Å². The van der Waals surface area contributed by atoms with Crippen LogP contribution in [0.15, 0.2) is 24.3 Å². The standard InChI is InChI=1S/C25H35N3O3/c1-24(2)16-27(13-22(24)29)17-11-18(12-17)28-21-6-4-3-5-20(21)25(23(28)30)7-9-26(10-8-25)19-14-31-15-19/h3-6,17-19,22,29H,7-16H2,1-2H3. The zero-order valence-electron chi connectivity index (χ0n) is 18.8. The topological polar surface area (TPSA) is 56.2 Å². The van der Waals surface area contributed by atoms with Gasteiger partial charge in [-0.1, -0.05) is 32.0 Å². The first-order valence-electron chi connectivity index (χ1n) is 12.1. The van der Waals surface area contributed by atoms with Gasteiger partial charge in [-0.25, -0.2) is 0 Å². The smallest absolute Gasteiger partial charge is 0.238 e. The maximum absolute atomic E-state index is 13.9. The summed E-state index contributed by atoms with van der Waals surface area (Å²) in [4.78, 5) is 21.1. The van der Waals surface area contributed by atoms with Gasteiger partial charge in [-0.05, 0) is 50.4 Å². The molecule has 0 bridgehead atoms. The van der Waals surface area contributed by atoms with Crippen molar-refractivity contribution in [3.63, 3.8) is 0 Å². The lowest BCUT2D eigenvalue weighted by Crippen LogP contribution is -2.59. The Morgan fingerprint density at radius 2 is 1.71 bits per heavy atom. The van der Waals surface area contributed by atoms with Crippen LogP contribution in [-0.2, 0) is 14.9 Å². The molecule has 1 atom stereocenters. The van der Waals surface area contributed by atoms with Crippen LogP contribution in [0.1, 0.15) is 45.1 Å². The largest absolute Gasteiger partial charge is 0.391 e. The van der Waals surface area contributed by atoms with Crippen molar-refractivity contribution in [1.82, 2.24) is 9.80 Å². The number of fused-ring (bicyclic) bond motifs is 2. The summed E-state index contributed by atoms with van der Waals surface area (Å²) in [7, 11) is 0. The van der Waals surface area contributed by atoms with Crippen LogP contribution in [0.2, 0.25) is 0 Å². The fourth-order valence-corrected chi connectivity index (χ4v) is 6.60. The molecule has 0 aromatic heterocycles. The molecule has 3 saturated heterocycles. The van der Waals surface area contributed by atoms with Gasteiger partial charge in [0.05, 0.1) is 30.8 Å². The molecular weight excluding hydrogens is 390 g/mol. The molecule has 1 spiro atoms. The average molecular weight is 426 g/mol. The van der Waals surface area contributed by atoms with Gasteiger partial charge >= 0.3 is 0 Å². The van der Waals surface area contributed by atoms with Crippen molar-refractivity contribution in [3.05, 3.63) is 29.8 Å². The van der Waals surface area contributed by atoms with Gasteiger partial charge in [0.1, 0.15) is 0 Å². The van der Waals surface area contributed by atoms with Crippen molar-refractivity contribution in [2.75, 3.05) is 44.3 Å². The summed E-state index contributed by atoms with van der Waals surface area (Å²) in [5.74, 6) is 0.337. The van der Waals surface area contributed by atoms with E-state index >= 15 is 0 Å². The molecule has 1 unspecified atom stereocenters. The molecule has 1 aromatic rings. The summed E-state index contributed by atoms with van der Waals surface area (Å²) in [5.41, 5.74) is 2.03. The lowest BCUT2D eigenvalue weighted by molar-refractivity contribution is -0.128. The Kier molecular flexibility index (Phi) is 4.56. The molecule has 1 N–H and O–H groups in total. The molecule has 1 amide bonds. The Bertz CT molecular complexity index is 869. The first-order valence-corrected chi connectivity index (χ1v) is 12.1. The van der Waals surface area contributed by atoms with E-state index in [9.17, 15) is 9.90 Å². The third-order valence-corrected chi connectivity index (χ3v) is 8.99. The van der Waals surface area contributed by atoms with E-state index in [0.29, 0.717) is 18.0 Å². The second-order valence-corrected chi connectivity index (χ2v) is 11.2. The van der Waals surface area contributed by atoms with Gasteiger partial charge in [0.15, 0.2) is 0 Å². The van der Waals surface area contributed by atoms with Crippen LogP contribution in [0.3, 0.4) is 0 Å². The van der Waals surface area contributed by atoms with E-state index in [4.69, 9.17) is 4.74 Å². The highest BCUT2D eigenvalue weighted by Crippen LogP contribution is 2.51. The Hall–Kier alpha value is -1.47. The number of amides is 1. The van der Waals surface area contributed by atoms with E-state index in [0.717, 1.165) is 70.8 Å². The molecule has 1 aromatic carbocycles. The van der Waals surface area contributed by atoms with Crippen LogP contribution < -0.4 is 4.90 Å². The number of ether oxygens (including phenoxy) is 1. The minimum Gasteiger partial charge on any atom is -0.391 e. The van der Waals surface area contributed by atoms with E-state index in [2.05, 4.69) is 52.8 Å². The van der Waals surface area contributed by atoms with Gasteiger partial charge < -0.3 is 14.7 Å². The van der Waals surface area contributed by atoms with E-state index < -0.39 is 0 Å². The monoisotopic (exact) mass is 425 g/mol. The summed E-state index contributed by atoms with van der Waals surface area (Å²) in [6.45, 7) is 9.66. The van der Waals surface area contributed by atoms with Gasteiger partial charge in [0.2, 0.25) is 5.91 Å². The maximum Gasteiger partial charge on any atom is 0.238 e. The third kappa shape index (κ3) is 2.95. The van der Waals surface area contributed by atoms with Crippen molar-refractivity contribution in [2.24, 2.45) is 5.41 Å². The number of piperidine rings is 1. The number of carbonyl (C=O) groups is 1. The van der Waals surface area contributed by atoms with Gasteiger partial charge in [-0.2, -0.15) is 0 Å². The molecule has 31 heavy (non-hydrogen) atoms. The molecule has 168 valence electrons. The van der Waals surface area contributed by atoms with Crippen LogP contribution in [0.25, 0.3) is 0 Å². The fourth-order valence-electron chi connectivity index (χ4n) is 6.60. The molecule has 6 rings (SSSR count). The summed E-state index contributed by atoms with van der Waals surface area (Å²) in [6.07, 6.45) is 3.61. The third-order valence-electron chi connectivity index (χ3n) is 8.99. The second kappa shape index (κ2) is 7.01. The summed E-state index contributed by atoms with van der Waals surface area (Å²) in [5, 5.41) is 10.4. The van der Waals surface area contributed by atoms with Gasteiger partial charge in [-0.3, -0.25) is 14.6 Å². The summed E-state index contributed by atoms with van der Waals surface area (Å²) in [6, 6.07) is 9.85. The SMILES string of the molecule is CC1(C)CN(C2CC(N3C(=O)C4(CCN(C5COC5)CC4)c4ccccc43)C2)CC1O. The number of carbonyl (C=O) groups excluding carboxylic acids is 1. The number of para-hydroxylation sites is 1. The molecular formula is C25H35N3O3. The number of hydrogen-bond acceptors (Lipinski definition) is 5. The molecule has 1 saturated carbocycles. The molecule has 4 aliphatic heterocycles. The first kappa shape index (κ1) is 20.2. The molecule has 1 aliphatic carbocycles. The van der Waals surface area contributed by atoms with Gasteiger partial charge in [0, 0.05) is 36.3 Å². The number of rotatable bonds is 3. The van der Waals surface area contributed by atoms with Crippen LogP contribution in [0.5, 0.6) is 0 Å². The van der Waals surface area contributed by atoms with Gasteiger partial charge in [-0.15, -0.1) is 0 Å². The van der Waals surface area contributed by atoms with E-state index in [1.54, 1.807) is 0 Å². The van der Waals surface area contributed by atoms with Crippen LogP contribution in [-0.4, -0.2) is 84.4 Å². The predicted octanol–water partition coefficient (Wildman–Crippen LogP) is 2.00. The zero-order valence-corrected chi connectivity index (χ0v) is 18.8. The molecule has 4 heterocycles. The van der Waals surface area contributed by atoms with E-state index in [-0.39, 0.29) is 23.0 Å². The number of benzene rings is 1. The molecule has 0 radical (unpaired) electrons. The Balaban J connectivity index is 1.19. The first-order chi connectivity index (χ1) is 14.9. The average Bonchev–Trinajstić information content (AvgIpc) is 3.07. The summed E-state index contributed by atoms with van der Waals surface area (Å²) < 4.78 is 5.39. The van der Waals surface area contributed by atoms with Crippen molar-refractivity contribution < 1.29 is 14.6 Å². The van der Waals surface area contributed by atoms with Crippen molar-refractivity contribution in [3.8, 4) is 0 Å². The van der Waals surface area contributed by atoms with E-state index in [1.807, 2.05) is 0 Å². The quantitative estimate of drug-likeness (QED) is 0.803. The highest BCUT2D eigenvalue weighted by Gasteiger charge is 2.56. The molecule has 4 fully saturated rings. The molecule has 6 heteroatoms. The summed E-state index contributed by atoms with van der Waals surface area (Å²) >= 11 is 0. The van der Waals surface area contributed by atoms with E-state index in [1.165, 1.54) is 5.56 Å². The number of β-amino-alcohol motifs (C(OH)–C–C–N with tert-alkyl or cyclic N) is 1. The molecule has 5 aliphatic rings. The van der Waals surface area contributed by atoms with Crippen molar-refractivity contribution >= 4 is 11.6 Å². The van der Waals surface area contributed by atoms with Crippen molar-refractivity contribution in [1.29, 1.82) is 0 Å². The number of aliphatic hydroxyl groups excluding tert-OH is 1. The van der Waals surface area contributed by atoms with Crippen LogP contribution in [0, 0.1) is 5.41 Å².